The number of rotatable bonds is 20. The van der Waals surface area contributed by atoms with Crippen molar-refractivity contribution in [3.8, 4) is 0 Å². The fourth-order valence-electron chi connectivity index (χ4n) is 4.57. The molecule has 0 aromatic rings. The fraction of sp³-hybridized carbons (Fsp3) is 0.909. The zero-order chi connectivity index (χ0) is 73.2. The Bertz CT molecular complexity index is 2620. The average molecular weight is 1520 g/mol. The molecule has 0 heterocycles. The molecule has 532 valence electrons. The number of likely N-dealkylation sites (N-methyl/N-ethyl adjacent to an activating group) is 2. The first-order chi connectivity index (χ1) is 37.8. The minimum absolute atomic E-state index is 0.0192. The third-order valence-corrected chi connectivity index (χ3v) is 35.2. The molecule has 0 amide bonds. The van der Waals surface area contributed by atoms with Crippen LogP contribution in [0.3, 0.4) is 0 Å². The Hall–Kier alpha value is 0.750. The van der Waals surface area contributed by atoms with E-state index < -0.39 is 111 Å². The number of carbonyl (C=O) groups is 4. The highest BCUT2D eigenvalue weighted by molar-refractivity contribution is 8.14. The summed E-state index contributed by atoms with van der Waals surface area (Å²) in [5.74, 6) is -0.791. The lowest BCUT2D eigenvalue weighted by Gasteiger charge is -2.46. The van der Waals surface area contributed by atoms with Crippen LogP contribution in [0.2, 0.25) is 0 Å². The number of carbonyl (C=O) groups excluding carboxylic acids is 4. The van der Waals surface area contributed by atoms with Crippen molar-refractivity contribution in [2.45, 2.75) is 208 Å². The molecule has 9 N–H and O–H groups in total. The van der Waals surface area contributed by atoms with Crippen molar-refractivity contribution in [1.29, 1.82) is 0 Å². The Labute approximate surface area is 534 Å². The van der Waals surface area contributed by atoms with Crippen molar-refractivity contribution in [3.05, 3.63) is 0 Å². The van der Waals surface area contributed by atoms with E-state index in [1.165, 1.54) is 102 Å². The van der Waals surface area contributed by atoms with Crippen molar-refractivity contribution in [1.82, 2.24) is 9.34 Å². The second-order valence-corrected chi connectivity index (χ2v) is 50.4. The molecule has 0 fully saturated rings. The molecule has 0 radical (unpaired) electrons. The lowest BCUT2D eigenvalue weighted by Crippen LogP contribution is -2.49. The highest BCUT2D eigenvalue weighted by atomic mass is 32.4. The summed E-state index contributed by atoms with van der Waals surface area (Å²) in [7, 11) is -25.5. The summed E-state index contributed by atoms with van der Waals surface area (Å²) in [6.45, 7) is 38.8. The molecule has 0 aliphatic rings. The normalized spacial score (nSPS) is 16.7. The smallest absolute Gasteiger partial charge is 0.468 e. The molecule has 44 heteroatoms. The third kappa shape index (κ3) is 36.2. The van der Waals surface area contributed by atoms with E-state index in [1.54, 1.807) is 62.6 Å². The highest BCUT2D eigenvalue weighted by Gasteiger charge is 2.51. The van der Waals surface area contributed by atoms with Gasteiger partial charge in [-0.3, -0.25) is 51.1 Å². The topological polar surface area (TPSA) is 476 Å². The zero-order valence-electron chi connectivity index (χ0n) is 56.2. The molecule has 0 rings (SSSR count). The number of thioether (sulfide) groups is 2. The SMILES string of the molecule is CC(=O)SCOP(=O)(OCSC(C)=O)C(C)(C)C.CC(C)(C)P(=O)(O)O.CC(C)(C)P(=O)(O)OP(=O)(O)O.CC(C)(C)P(=O)(O)OP(=O)(O)OP(=O)(O)O.COC(=O)C(C)(C)N(C)P(=O)(OC)C(C)(C)C.COC(=O)C(C)(C)N(C)P(=S)(OC)C(C)(C)C. The molecule has 5 unspecified atom stereocenters. The molecule has 0 aliphatic heterocycles. The Morgan fingerprint density at radius 2 is 0.705 bits per heavy atom. The number of esters is 2. The highest BCUT2D eigenvalue weighted by Crippen LogP contribution is 2.70. The molecule has 0 aromatic heterocycles. The molecule has 88 heavy (non-hydrogen) atoms. The predicted octanol–water partition coefficient (Wildman–Crippen LogP) is 11.9. The minimum Gasteiger partial charge on any atom is -0.468 e. The number of ether oxygens (including phenoxy) is 2. The van der Waals surface area contributed by atoms with Crippen molar-refractivity contribution in [3.63, 3.8) is 0 Å². The summed E-state index contributed by atoms with van der Waals surface area (Å²) in [4.78, 5) is 122. The van der Waals surface area contributed by atoms with E-state index in [4.69, 9.17) is 78.5 Å². The van der Waals surface area contributed by atoms with Crippen LogP contribution in [0.1, 0.15) is 166 Å². The molecule has 32 nitrogen and oxygen atoms in total. The van der Waals surface area contributed by atoms with Crippen molar-refractivity contribution < 1.29 is 140 Å². The van der Waals surface area contributed by atoms with Crippen LogP contribution in [0.15, 0.2) is 0 Å². The van der Waals surface area contributed by atoms with Crippen LogP contribution >= 0.6 is 91.3 Å². The summed E-state index contributed by atoms with van der Waals surface area (Å²) in [6, 6.07) is 0. The van der Waals surface area contributed by atoms with Crippen LogP contribution in [0.5, 0.6) is 0 Å². The second-order valence-electron chi connectivity index (χ2n) is 25.1. The lowest BCUT2D eigenvalue weighted by molar-refractivity contribution is -0.150. The Morgan fingerprint density at radius 3 is 0.886 bits per heavy atom. The van der Waals surface area contributed by atoms with Crippen LogP contribution in [-0.4, -0.2) is 172 Å². The van der Waals surface area contributed by atoms with Gasteiger partial charge in [-0.25, -0.2) is 31.7 Å². The predicted molar refractivity (Wildman–Crippen MR) is 347 cm³/mol. The first-order valence-corrected chi connectivity index (χ1v) is 42.4. The van der Waals surface area contributed by atoms with E-state index in [-0.39, 0.29) is 33.2 Å². The largest absolute Gasteiger partial charge is 0.488 e. The van der Waals surface area contributed by atoms with Crippen LogP contribution in [0.4, 0.5) is 0 Å². The van der Waals surface area contributed by atoms with Gasteiger partial charge in [0.2, 0.25) is 0 Å². The molecule has 0 aromatic carbocycles. The van der Waals surface area contributed by atoms with E-state index >= 15 is 0 Å². The van der Waals surface area contributed by atoms with Gasteiger partial charge in [0, 0.05) is 33.2 Å². The summed E-state index contributed by atoms with van der Waals surface area (Å²) < 4.78 is 135. The maximum Gasteiger partial charge on any atom is 0.488 e. The Balaban J connectivity index is -0.000000232. The van der Waals surface area contributed by atoms with Gasteiger partial charge in [0.1, 0.15) is 29.4 Å². The lowest BCUT2D eigenvalue weighted by atomic mass is 10.1. The van der Waals surface area contributed by atoms with Crippen LogP contribution in [-0.2, 0) is 108 Å². The molecular weight excluding hydrogens is 1410 g/mol. The molecule has 5 atom stereocenters. The number of phosphoric acid groups is 3. The number of hydrogen-bond donors (Lipinski definition) is 9. The quantitative estimate of drug-likeness (QED) is 0.0310. The first-order valence-electron chi connectivity index (χ1n) is 25.3. The molecule has 0 aliphatic carbocycles. The summed E-state index contributed by atoms with van der Waals surface area (Å²) in [6.07, 6.45) is -2.30. The van der Waals surface area contributed by atoms with Crippen LogP contribution in [0, 0.1) is 0 Å². The van der Waals surface area contributed by atoms with Gasteiger partial charge in [-0.05, 0) is 157 Å². The van der Waals surface area contributed by atoms with E-state index in [9.17, 15) is 60.6 Å². The molecule has 0 bridgehead atoms. The van der Waals surface area contributed by atoms with E-state index in [2.05, 4.69) is 12.9 Å². The number of hydrogen-bond acceptors (Lipinski definition) is 24. The number of nitrogens with zero attached hydrogens (tertiary/aromatic N) is 2. The standard InChI is InChI=1S/C11H24NO4P.C11H24NO3PS.C10H19O5PS2.C4H13O9P3.C4H12O6P2.C4H11O3P/c1-10(2,3)17(14,16-8)12(6)11(4,5)9(13)15-7;1-10(2,3)16(17,15-8)12(6)11(4,5)9(13)14-7;1-8(11)17-6-14-16(13,10(3,4)5)15-7-18-9(2)12;1-4(2,3)14(5,6)12-16(10,11)13-15(7,8)9;1-4(2,3)11(5,6)10-12(7,8)9;1-4(2,3)8(5,6)7/h2*1-8H3;6-7H2,1-5H3;1-3H3,(H,5,6)(H,10,11)(H2,7,8,9);1-3H3,(H,5,6)(H2,7,8,9);1-3H3,(H2,5,6,7). The fourth-order valence-corrected chi connectivity index (χ4v) is 18.5. The Morgan fingerprint density at radius 1 is 0.420 bits per heavy atom. The van der Waals surface area contributed by atoms with Gasteiger partial charge in [-0.1, -0.05) is 44.3 Å². The first kappa shape index (κ1) is 99.8. The van der Waals surface area contributed by atoms with Gasteiger partial charge in [0.25, 0.3) is 7.52 Å². The van der Waals surface area contributed by atoms with Gasteiger partial charge < -0.3 is 62.6 Å². The summed E-state index contributed by atoms with van der Waals surface area (Å²) in [5, 5.41) is -5.23. The number of methoxy groups -OCH3 is 2. The average Bonchev–Trinajstić information content (AvgIpc) is 3.26. The summed E-state index contributed by atoms with van der Waals surface area (Å²) >= 11 is 7.54. The maximum atomic E-state index is 12.9. The van der Waals surface area contributed by atoms with Crippen molar-refractivity contribution in [2.75, 3.05) is 54.4 Å². The molecule has 0 saturated carbocycles. The monoisotopic (exact) mass is 1510 g/mol. The Kier molecular flexibility index (Phi) is 41.9. The molecular formula is C44H103N2O30P9S3. The summed E-state index contributed by atoms with van der Waals surface area (Å²) in [5.41, 5.74) is -1.80. The van der Waals surface area contributed by atoms with E-state index in [0.717, 1.165) is 23.5 Å². The van der Waals surface area contributed by atoms with Crippen molar-refractivity contribution >= 4 is 125 Å². The third-order valence-electron chi connectivity index (χ3n) is 11.0. The van der Waals surface area contributed by atoms with Gasteiger partial charge in [0.15, 0.2) is 10.2 Å². The second kappa shape index (κ2) is 36.9. The van der Waals surface area contributed by atoms with E-state index in [1.807, 2.05) is 53.3 Å². The van der Waals surface area contributed by atoms with Crippen molar-refractivity contribution in [2.24, 2.45) is 0 Å². The van der Waals surface area contributed by atoms with E-state index in [0.29, 0.717) is 0 Å². The van der Waals surface area contributed by atoms with Gasteiger partial charge >= 0.3 is 65.8 Å². The maximum absolute atomic E-state index is 12.9. The molecule has 0 saturated heterocycles. The zero-order valence-corrected chi connectivity index (χ0v) is 66.7. The van der Waals surface area contributed by atoms with Gasteiger partial charge in [-0.15, -0.1) is 0 Å². The van der Waals surface area contributed by atoms with Gasteiger partial charge in [0.05, 0.1) is 40.0 Å². The molecule has 0 spiro atoms. The van der Waals surface area contributed by atoms with Gasteiger partial charge in [-0.2, -0.15) is 4.31 Å². The van der Waals surface area contributed by atoms with Crippen LogP contribution < -0.4 is 0 Å². The van der Waals surface area contributed by atoms with Crippen LogP contribution in [0.25, 0.3) is 0 Å². The minimum atomic E-state index is -5.31.